The van der Waals surface area contributed by atoms with Gasteiger partial charge >= 0.3 is 5.97 Å². The fraction of sp³-hybridized carbons (Fsp3) is 0.481. The largest absolute Gasteiger partial charge is 0.497 e. The van der Waals surface area contributed by atoms with Crippen LogP contribution in [0.5, 0.6) is 5.75 Å². The number of rotatable bonds is 13. The van der Waals surface area contributed by atoms with Gasteiger partial charge in [-0.25, -0.2) is 4.79 Å². The van der Waals surface area contributed by atoms with E-state index in [4.69, 9.17) is 23.7 Å². The van der Waals surface area contributed by atoms with Crippen LogP contribution in [0, 0.1) is 0 Å². The van der Waals surface area contributed by atoms with Gasteiger partial charge in [-0.2, -0.15) is 0 Å². The van der Waals surface area contributed by atoms with Crippen molar-refractivity contribution in [3.8, 4) is 5.75 Å². The highest BCUT2D eigenvalue weighted by Gasteiger charge is 2.24. The molecule has 9 nitrogen and oxygen atoms in total. The first-order chi connectivity index (χ1) is 17.5. The lowest BCUT2D eigenvalue weighted by Gasteiger charge is -2.36. The Morgan fingerprint density at radius 1 is 0.944 bits per heavy atom. The fourth-order valence-electron chi connectivity index (χ4n) is 3.96. The molecule has 1 aliphatic heterocycles. The summed E-state index contributed by atoms with van der Waals surface area (Å²) in [6, 6.07) is 15.1. The van der Waals surface area contributed by atoms with E-state index in [1.807, 2.05) is 41.3 Å². The summed E-state index contributed by atoms with van der Waals surface area (Å²) in [6.45, 7) is 4.82. The highest BCUT2D eigenvalue weighted by molar-refractivity contribution is 5.89. The third-order valence-electron chi connectivity index (χ3n) is 6.10. The summed E-state index contributed by atoms with van der Waals surface area (Å²) >= 11 is 0. The van der Waals surface area contributed by atoms with Crippen molar-refractivity contribution in [3.05, 3.63) is 65.2 Å². The molecule has 1 atom stereocenters. The lowest BCUT2D eigenvalue weighted by Crippen LogP contribution is -2.50. The van der Waals surface area contributed by atoms with E-state index in [0.29, 0.717) is 45.0 Å². The van der Waals surface area contributed by atoms with Gasteiger partial charge in [0, 0.05) is 39.8 Å². The maximum atomic E-state index is 12.4. The van der Waals surface area contributed by atoms with Crippen LogP contribution >= 0.6 is 0 Å². The van der Waals surface area contributed by atoms with Gasteiger partial charge in [-0.3, -0.25) is 9.69 Å². The van der Waals surface area contributed by atoms with Gasteiger partial charge < -0.3 is 28.6 Å². The van der Waals surface area contributed by atoms with Crippen LogP contribution in [0.3, 0.4) is 0 Å². The van der Waals surface area contributed by atoms with Crippen molar-refractivity contribution in [1.82, 2.24) is 9.80 Å². The molecule has 1 unspecified atom stereocenters. The van der Waals surface area contributed by atoms with Gasteiger partial charge in [0.25, 0.3) is 0 Å². The van der Waals surface area contributed by atoms with Crippen LogP contribution in [0.4, 0.5) is 0 Å². The molecular weight excluding hydrogens is 464 g/mol. The van der Waals surface area contributed by atoms with Gasteiger partial charge in [0.1, 0.15) is 12.4 Å². The van der Waals surface area contributed by atoms with Crippen LogP contribution in [0.1, 0.15) is 27.6 Å². The number of esters is 1. The number of nitrogens with zero attached hydrogens (tertiary/aromatic N) is 2. The molecule has 0 spiro atoms. The first kappa shape index (κ1) is 27.6. The smallest absolute Gasteiger partial charge is 0.337 e. The zero-order valence-electron chi connectivity index (χ0n) is 21.3. The van der Waals surface area contributed by atoms with Gasteiger partial charge in [0.05, 0.1) is 45.7 Å². The Morgan fingerprint density at radius 3 is 2.36 bits per heavy atom. The number of methoxy groups -OCH3 is 3. The highest BCUT2D eigenvalue weighted by atomic mass is 16.5. The molecule has 196 valence electrons. The van der Waals surface area contributed by atoms with Crippen LogP contribution in [-0.2, 0) is 30.3 Å². The Morgan fingerprint density at radius 2 is 1.69 bits per heavy atom. The van der Waals surface area contributed by atoms with E-state index >= 15 is 0 Å². The number of hydrogen-bond acceptors (Lipinski definition) is 8. The van der Waals surface area contributed by atoms with Crippen molar-refractivity contribution in [2.24, 2.45) is 0 Å². The third-order valence-corrected chi connectivity index (χ3v) is 6.10. The molecule has 0 saturated carbocycles. The molecule has 1 heterocycles. The van der Waals surface area contributed by atoms with Crippen LogP contribution in [0.2, 0.25) is 0 Å². The monoisotopic (exact) mass is 500 g/mol. The minimum atomic E-state index is -0.365. The summed E-state index contributed by atoms with van der Waals surface area (Å²) < 4.78 is 26.9. The fourth-order valence-corrected chi connectivity index (χ4v) is 3.96. The Balaban J connectivity index is 1.59. The Bertz CT molecular complexity index is 959. The molecule has 2 aromatic carbocycles. The second kappa shape index (κ2) is 14.5. The molecule has 0 aliphatic carbocycles. The van der Waals surface area contributed by atoms with Gasteiger partial charge in [-0.1, -0.05) is 24.3 Å². The third kappa shape index (κ3) is 8.30. The molecular formula is C27H36N2O7. The first-order valence-corrected chi connectivity index (χ1v) is 12.0. The number of piperazine rings is 1. The second-order valence-electron chi connectivity index (χ2n) is 8.49. The summed E-state index contributed by atoms with van der Waals surface area (Å²) in [5.41, 5.74) is 2.48. The number of carbonyl (C=O) groups excluding carboxylic acids is 2. The van der Waals surface area contributed by atoms with Crippen molar-refractivity contribution >= 4 is 11.9 Å². The van der Waals surface area contributed by atoms with Crippen molar-refractivity contribution in [3.63, 3.8) is 0 Å². The van der Waals surface area contributed by atoms with E-state index in [1.54, 1.807) is 26.4 Å². The molecule has 0 N–H and O–H groups in total. The average molecular weight is 501 g/mol. The van der Waals surface area contributed by atoms with Gasteiger partial charge in [0.2, 0.25) is 5.91 Å². The summed E-state index contributed by atoms with van der Waals surface area (Å²) in [6.07, 6.45) is -0.194. The van der Waals surface area contributed by atoms with Crippen molar-refractivity contribution < 1.29 is 33.3 Å². The lowest BCUT2D eigenvalue weighted by molar-refractivity contribution is -0.138. The normalized spacial score (nSPS) is 14.9. The predicted molar refractivity (Wildman–Crippen MR) is 134 cm³/mol. The number of amides is 1. The molecule has 1 amide bonds. The molecule has 9 heteroatoms. The van der Waals surface area contributed by atoms with Gasteiger partial charge in [-0.15, -0.1) is 0 Å². The second-order valence-corrected chi connectivity index (χ2v) is 8.49. The summed E-state index contributed by atoms with van der Waals surface area (Å²) in [4.78, 5) is 28.2. The Hall–Kier alpha value is -2.98. The van der Waals surface area contributed by atoms with Crippen LogP contribution < -0.4 is 4.74 Å². The number of benzene rings is 2. The first-order valence-electron chi connectivity index (χ1n) is 12.0. The molecule has 36 heavy (non-hydrogen) atoms. The standard InChI is InChI=1S/C27H36N2O7/c1-32-15-16-35-20-26(30)29-13-11-28(12-14-29)18-25(23-5-4-6-24(17-23)33-2)36-19-21-7-9-22(10-8-21)27(31)34-3/h4-10,17,25H,11-16,18-20H2,1-3H3. The summed E-state index contributed by atoms with van der Waals surface area (Å²) in [5, 5.41) is 0. The van der Waals surface area contributed by atoms with E-state index in [1.165, 1.54) is 7.11 Å². The molecule has 0 radical (unpaired) electrons. The van der Waals surface area contributed by atoms with E-state index in [0.717, 1.165) is 30.0 Å². The number of ether oxygens (including phenoxy) is 5. The van der Waals surface area contributed by atoms with Crippen LogP contribution in [-0.4, -0.2) is 95.6 Å². The summed E-state index contributed by atoms with van der Waals surface area (Å²) in [5.74, 6) is 0.407. The van der Waals surface area contributed by atoms with Crippen LogP contribution in [0.15, 0.2) is 48.5 Å². The topological polar surface area (TPSA) is 86.8 Å². The minimum absolute atomic E-state index is 0.00162. The quantitative estimate of drug-likeness (QED) is 0.306. The van der Waals surface area contributed by atoms with Crippen molar-refractivity contribution in [2.75, 3.05) is 73.9 Å². The van der Waals surface area contributed by atoms with Gasteiger partial charge in [0.15, 0.2) is 0 Å². The maximum absolute atomic E-state index is 12.4. The van der Waals surface area contributed by atoms with Crippen LogP contribution in [0.25, 0.3) is 0 Å². The Kier molecular flexibility index (Phi) is 11.2. The zero-order valence-corrected chi connectivity index (χ0v) is 21.3. The van der Waals surface area contributed by atoms with Gasteiger partial charge in [-0.05, 0) is 35.4 Å². The maximum Gasteiger partial charge on any atom is 0.337 e. The van der Waals surface area contributed by atoms with E-state index < -0.39 is 0 Å². The SMILES string of the molecule is COCCOCC(=O)N1CCN(CC(OCc2ccc(C(=O)OC)cc2)c2cccc(OC)c2)CC1. The predicted octanol–water partition coefficient (Wildman–Crippen LogP) is 2.55. The summed E-state index contributed by atoms with van der Waals surface area (Å²) in [7, 11) is 4.62. The molecule has 0 bridgehead atoms. The molecule has 2 aromatic rings. The number of carbonyl (C=O) groups is 2. The molecule has 1 saturated heterocycles. The number of hydrogen-bond donors (Lipinski definition) is 0. The minimum Gasteiger partial charge on any atom is -0.497 e. The highest BCUT2D eigenvalue weighted by Crippen LogP contribution is 2.25. The lowest BCUT2D eigenvalue weighted by atomic mass is 10.1. The van der Waals surface area contributed by atoms with E-state index in [9.17, 15) is 9.59 Å². The van der Waals surface area contributed by atoms with Crippen molar-refractivity contribution in [1.29, 1.82) is 0 Å². The zero-order chi connectivity index (χ0) is 25.8. The van der Waals surface area contributed by atoms with Crippen molar-refractivity contribution in [2.45, 2.75) is 12.7 Å². The average Bonchev–Trinajstić information content (AvgIpc) is 2.93. The Labute approximate surface area is 212 Å². The molecule has 1 aliphatic rings. The van der Waals surface area contributed by atoms with E-state index in [2.05, 4.69) is 4.90 Å². The molecule has 0 aromatic heterocycles. The molecule has 1 fully saturated rings. The molecule has 3 rings (SSSR count). The van der Waals surface area contributed by atoms with E-state index in [-0.39, 0.29) is 24.6 Å².